The summed E-state index contributed by atoms with van der Waals surface area (Å²) in [6.45, 7) is 0. The van der Waals surface area contributed by atoms with Gasteiger partial charge in [-0.1, -0.05) is 15.9 Å². The van der Waals surface area contributed by atoms with Gasteiger partial charge in [0, 0.05) is 10.9 Å². The van der Waals surface area contributed by atoms with Crippen molar-refractivity contribution in [2.24, 2.45) is 0 Å². The Kier molecular flexibility index (Phi) is 3.61. The molecule has 1 saturated heterocycles. The normalized spacial score (nSPS) is 18.7. The Morgan fingerprint density at radius 3 is 2.79 bits per heavy atom. The topological polar surface area (TPSA) is 80.5 Å². The van der Waals surface area contributed by atoms with E-state index in [4.69, 9.17) is 0 Å². The molecule has 0 saturated carbocycles. The first kappa shape index (κ1) is 13.6. The van der Waals surface area contributed by atoms with E-state index < -0.39 is 28.4 Å². The summed E-state index contributed by atoms with van der Waals surface area (Å²) in [4.78, 5) is 33.7. The zero-order valence-electron chi connectivity index (χ0n) is 9.51. The number of halogens is 2. The highest BCUT2D eigenvalue weighted by Crippen LogP contribution is 2.37. The minimum absolute atomic E-state index is 0.106. The maximum absolute atomic E-state index is 13.7. The van der Waals surface area contributed by atoms with Gasteiger partial charge in [-0.25, -0.2) is 0 Å². The van der Waals surface area contributed by atoms with E-state index in [2.05, 4.69) is 15.9 Å². The third-order valence-corrected chi connectivity index (χ3v) is 3.32. The number of amides is 1. The van der Waals surface area contributed by atoms with Crippen LogP contribution in [0.5, 0.6) is 0 Å². The Morgan fingerprint density at radius 1 is 1.53 bits per heavy atom. The summed E-state index contributed by atoms with van der Waals surface area (Å²) >= 11 is 3.02. The zero-order valence-corrected chi connectivity index (χ0v) is 11.1. The average molecular weight is 331 g/mol. The van der Waals surface area contributed by atoms with Crippen molar-refractivity contribution in [2.75, 3.05) is 4.90 Å². The Balaban J connectivity index is 2.63. The van der Waals surface area contributed by atoms with Gasteiger partial charge in [-0.2, -0.15) is 4.39 Å². The molecule has 1 aromatic carbocycles. The number of nitro benzene ring substituents is 1. The molecule has 1 aliphatic rings. The second-order valence-corrected chi connectivity index (χ2v) is 4.93. The van der Waals surface area contributed by atoms with Crippen molar-refractivity contribution in [3.05, 3.63) is 32.5 Å². The summed E-state index contributed by atoms with van der Waals surface area (Å²) < 4.78 is 13.9. The van der Waals surface area contributed by atoms with Crippen molar-refractivity contribution >= 4 is 39.5 Å². The fourth-order valence-electron chi connectivity index (χ4n) is 2.06. The van der Waals surface area contributed by atoms with Crippen LogP contribution >= 0.6 is 15.9 Å². The third kappa shape index (κ3) is 2.35. The van der Waals surface area contributed by atoms with Crippen molar-refractivity contribution in [1.82, 2.24) is 0 Å². The van der Waals surface area contributed by atoms with E-state index in [1.54, 1.807) is 0 Å². The zero-order chi connectivity index (χ0) is 14.2. The lowest BCUT2D eigenvalue weighted by Crippen LogP contribution is -2.34. The SMILES string of the molecule is O=C[C@@H]1CCC(=O)N1c1cc(Br)cc(F)c1[N+](=O)[O-]. The van der Waals surface area contributed by atoms with Crippen LogP contribution in [0.2, 0.25) is 0 Å². The van der Waals surface area contributed by atoms with Crippen LogP contribution < -0.4 is 4.90 Å². The van der Waals surface area contributed by atoms with Gasteiger partial charge >= 0.3 is 5.69 Å². The Morgan fingerprint density at radius 2 is 2.21 bits per heavy atom. The first-order valence-corrected chi connectivity index (χ1v) is 6.15. The summed E-state index contributed by atoms with van der Waals surface area (Å²) in [6.07, 6.45) is 0.912. The molecular weight excluding hydrogens is 323 g/mol. The lowest BCUT2D eigenvalue weighted by Gasteiger charge is -2.20. The summed E-state index contributed by atoms with van der Waals surface area (Å²) in [5, 5.41) is 10.9. The predicted molar refractivity (Wildman–Crippen MR) is 67.3 cm³/mol. The minimum Gasteiger partial charge on any atom is -0.301 e. The molecular formula is C11H8BrFN2O4. The second-order valence-electron chi connectivity index (χ2n) is 4.02. The first-order chi connectivity index (χ1) is 8.95. The molecule has 8 heteroatoms. The molecule has 2 rings (SSSR count). The third-order valence-electron chi connectivity index (χ3n) is 2.86. The number of nitro groups is 1. The number of hydrogen-bond donors (Lipinski definition) is 0. The Hall–Kier alpha value is -1.83. The van der Waals surface area contributed by atoms with E-state index in [1.165, 1.54) is 6.07 Å². The smallest absolute Gasteiger partial charge is 0.301 e. The van der Waals surface area contributed by atoms with Gasteiger partial charge in [-0.3, -0.25) is 19.8 Å². The number of hydrogen-bond acceptors (Lipinski definition) is 4. The first-order valence-electron chi connectivity index (χ1n) is 5.36. The van der Waals surface area contributed by atoms with Crippen LogP contribution in [-0.2, 0) is 9.59 Å². The summed E-state index contributed by atoms with van der Waals surface area (Å²) in [5.74, 6) is -1.49. The van der Waals surface area contributed by atoms with Gasteiger partial charge in [0.15, 0.2) is 0 Å². The molecule has 0 aliphatic carbocycles. The fourth-order valence-corrected chi connectivity index (χ4v) is 2.48. The number of anilines is 1. The molecule has 19 heavy (non-hydrogen) atoms. The maximum atomic E-state index is 13.7. The molecule has 0 spiro atoms. The largest absolute Gasteiger partial charge is 0.328 e. The molecule has 0 N–H and O–H groups in total. The molecule has 1 aliphatic heterocycles. The molecule has 0 bridgehead atoms. The van der Waals surface area contributed by atoms with E-state index in [9.17, 15) is 24.1 Å². The fraction of sp³-hybridized carbons (Fsp3) is 0.273. The number of aldehydes is 1. The molecule has 6 nitrogen and oxygen atoms in total. The van der Waals surface area contributed by atoms with Crippen molar-refractivity contribution in [1.29, 1.82) is 0 Å². The molecule has 0 radical (unpaired) electrons. The van der Waals surface area contributed by atoms with Crippen LogP contribution in [0.15, 0.2) is 16.6 Å². The Labute approximate surface area is 115 Å². The second kappa shape index (κ2) is 5.04. The molecule has 0 aromatic heterocycles. The van der Waals surface area contributed by atoms with Crippen LogP contribution in [0.25, 0.3) is 0 Å². The summed E-state index contributed by atoms with van der Waals surface area (Å²) in [6, 6.07) is 1.42. The molecule has 1 aromatic rings. The van der Waals surface area contributed by atoms with E-state index in [-0.39, 0.29) is 23.0 Å². The molecule has 100 valence electrons. The van der Waals surface area contributed by atoms with Gasteiger partial charge in [-0.15, -0.1) is 0 Å². The summed E-state index contributed by atoms with van der Waals surface area (Å²) in [7, 11) is 0. The highest BCUT2D eigenvalue weighted by Gasteiger charge is 2.37. The quantitative estimate of drug-likeness (QED) is 0.483. The van der Waals surface area contributed by atoms with Crippen LogP contribution in [-0.4, -0.2) is 23.2 Å². The lowest BCUT2D eigenvalue weighted by atomic mass is 10.2. The standard InChI is InChI=1S/C11H8BrFN2O4/c12-6-3-8(13)11(15(18)19)9(4-6)14-7(5-16)1-2-10(14)17/h3-5,7H,1-2H2/t7-/m0/s1. The van der Waals surface area contributed by atoms with Crippen molar-refractivity contribution in [3.8, 4) is 0 Å². The van der Waals surface area contributed by atoms with Crippen LogP contribution in [0.3, 0.4) is 0 Å². The van der Waals surface area contributed by atoms with Gasteiger partial charge in [0.2, 0.25) is 11.7 Å². The van der Waals surface area contributed by atoms with Gasteiger partial charge in [-0.05, 0) is 18.6 Å². The van der Waals surface area contributed by atoms with Crippen LogP contribution in [0.4, 0.5) is 15.8 Å². The van der Waals surface area contributed by atoms with Crippen molar-refractivity contribution in [3.63, 3.8) is 0 Å². The van der Waals surface area contributed by atoms with Gasteiger partial charge in [0.05, 0.1) is 11.0 Å². The maximum Gasteiger partial charge on any atom is 0.328 e. The summed E-state index contributed by atoms with van der Waals surface area (Å²) in [5.41, 5.74) is -0.998. The van der Waals surface area contributed by atoms with E-state index in [0.717, 1.165) is 11.0 Å². The van der Waals surface area contributed by atoms with Crippen LogP contribution in [0.1, 0.15) is 12.8 Å². The highest BCUT2D eigenvalue weighted by atomic mass is 79.9. The van der Waals surface area contributed by atoms with Gasteiger partial charge in [0.1, 0.15) is 12.0 Å². The van der Waals surface area contributed by atoms with E-state index in [1.807, 2.05) is 0 Å². The number of carbonyl (C=O) groups is 2. The predicted octanol–water partition coefficient (Wildman–Crippen LogP) is 2.19. The molecule has 1 fully saturated rings. The van der Waals surface area contributed by atoms with Gasteiger partial charge < -0.3 is 4.79 Å². The molecule has 1 amide bonds. The molecule has 1 heterocycles. The van der Waals surface area contributed by atoms with Crippen LogP contribution in [0, 0.1) is 15.9 Å². The van der Waals surface area contributed by atoms with E-state index >= 15 is 0 Å². The number of carbonyl (C=O) groups excluding carboxylic acids is 2. The highest BCUT2D eigenvalue weighted by molar-refractivity contribution is 9.10. The Bertz CT molecular complexity index is 578. The molecule has 0 unspecified atom stereocenters. The molecule has 1 atom stereocenters. The number of benzene rings is 1. The number of nitrogens with zero attached hydrogens (tertiary/aromatic N) is 2. The van der Waals surface area contributed by atoms with E-state index in [0.29, 0.717) is 6.29 Å². The number of rotatable bonds is 3. The minimum atomic E-state index is -1.06. The van der Waals surface area contributed by atoms with Crippen molar-refractivity contribution in [2.45, 2.75) is 18.9 Å². The monoisotopic (exact) mass is 330 g/mol. The average Bonchev–Trinajstić information content (AvgIpc) is 2.68. The lowest BCUT2D eigenvalue weighted by molar-refractivity contribution is -0.386. The van der Waals surface area contributed by atoms with Crippen molar-refractivity contribution < 1.29 is 18.9 Å². The van der Waals surface area contributed by atoms with Gasteiger partial charge in [0.25, 0.3) is 0 Å².